The Morgan fingerprint density at radius 2 is 1.95 bits per heavy atom. The summed E-state index contributed by atoms with van der Waals surface area (Å²) in [6.07, 6.45) is 0. The molecule has 2 aromatic carbocycles. The first-order chi connectivity index (χ1) is 9.15. The molecule has 0 saturated carbocycles. The SMILES string of the molecule is CCN(c1cccc(O)c1)c1ccc(C)cc1CN. The van der Waals surface area contributed by atoms with Crippen LogP contribution in [0, 0.1) is 6.92 Å². The first-order valence-electron chi connectivity index (χ1n) is 6.52. The van der Waals surface area contributed by atoms with Crippen molar-refractivity contribution in [3.8, 4) is 5.75 Å². The molecule has 0 spiro atoms. The van der Waals surface area contributed by atoms with E-state index in [0.29, 0.717) is 6.54 Å². The first kappa shape index (κ1) is 13.4. The van der Waals surface area contributed by atoms with Crippen LogP contribution in [0.25, 0.3) is 0 Å². The standard InChI is InChI=1S/C16H20N2O/c1-3-18(14-5-4-6-15(19)10-14)16-8-7-12(2)9-13(16)11-17/h4-10,19H,3,11,17H2,1-2H3. The van der Waals surface area contributed by atoms with Gasteiger partial charge in [-0.25, -0.2) is 0 Å². The zero-order valence-electron chi connectivity index (χ0n) is 11.4. The number of aromatic hydroxyl groups is 1. The highest BCUT2D eigenvalue weighted by Crippen LogP contribution is 2.30. The minimum atomic E-state index is 0.275. The maximum Gasteiger partial charge on any atom is 0.117 e. The average molecular weight is 256 g/mol. The van der Waals surface area contributed by atoms with Gasteiger partial charge in [0.25, 0.3) is 0 Å². The molecule has 19 heavy (non-hydrogen) atoms. The minimum absolute atomic E-state index is 0.275. The molecule has 3 N–H and O–H groups in total. The van der Waals surface area contributed by atoms with Gasteiger partial charge in [-0.3, -0.25) is 0 Å². The largest absolute Gasteiger partial charge is 0.508 e. The molecule has 3 heteroatoms. The van der Waals surface area contributed by atoms with Crippen LogP contribution in [0.3, 0.4) is 0 Å². The van der Waals surface area contributed by atoms with Crippen molar-refractivity contribution in [1.82, 2.24) is 0 Å². The number of aryl methyl sites for hydroxylation is 1. The van der Waals surface area contributed by atoms with Crippen molar-refractivity contribution in [2.24, 2.45) is 5.73 Å². The van der Waals surface area contributed by atoms with Crippen LogP contribution >= 0.6 is 0 Å². The van der Waals surface area contributed by atoms with Crippen LogP contribution in [0.4, 0.5) is 11.4 Å². The second-order valence-electron chi connectivity index (χ2n) is 4.60. The Morgan fingerprint density at radius 1 is 1.16 bits per heavy atom. The van der Waals surface area contributed by atoms with E-state index in [0.717, 1.165) is 23.5 Å². The third kappa shape index (κ3) is 2.88. The van der Waals surface area contributed by atoms with E-state index in [2.05, 4.69) is 36.9 Å². The fourth-order valence-electron chi connectivity index (χ4n) is 2.29. The van der Waals surface area contributed by atoms with Crippen LogP contribution in [-0.4, -0.2) is 11.7 Å². The van der Waals surface area contributed by atoms with Gasteiger partial charge in [0.1, 0.15) is 5.75 Å². The number of phenols is 1. The van der Waals surface area contributed by atoms with Crippen LogP contribution in [0.15, 0.2) is 42.5 Å². The highest BCUT2D eigenvalue weighted by Gasteiger charge is 2.11. The lowest BCUT2D eigenvalue weighted by Gasteiger charge is -2.26. The molecular weight excluding hydrogens is 236 g/mol. The topological polar surface area (TPSA) is 49.5 Å². The van der Waals surface area contributed by atoms with Gasteiger partial charge in [0.15, 0.2) is 0 Å². The number of nitrogens with zero attached hydrogens (tertiary/aromatic N) is 1. The molecule has 0 atom stereocenters. The average Bonchev–Trinajstić information content (AvgIpc) is 2.41. The fourth-order valence-corrected chi connectivity index (χ4v) is 2.29. The Kier molecular flexibility index (Phi) is 4.07. The minimum Gasteiger partial charge on any atom is -0.508 e. The Balaban J connectivity index is 2.48. The van der Waals surface area contributed by atoms with Crippen molar-refractivity contribution in [1.29, 1.82) is 0 Å². The summed E-state index contributed by atoms with van der Waals surface area (Å²) in [7, 11) is 0. The van der Waals surface area contributed by atoms with E-state index in [1.165, 1.54) is 5.56 Å². The molecule has 0 heterocycles. The molecule has 100 valence electrons. The highest BCUT2D eigenvalue weighted by atomic mass is 16.3. The van der Waals surface area contributed by atoms with Crippen molar-refractivity contribution in [2.75, 3.05) is 11.4 Å². The third-order valence-electron chi connectivity index (χ3n) is 3.20. The predicted octanol–water partition coefficient (Wildman–Crippen LogP) is 3.32. The Morgan fingerprint density at radius 3 is 2.58 bits per heavy atom. The van der Waals surface area contributed by atoms with Gasteiger partial charge in [0.2, 0.25) is 0 Å². The predicted molar refractivity (Wildman–Crippen MR) is 79.9 cm³/mol. The van der Waals surface area contributed by atoms with Crippen LogP contribution in [0.1, 0.15) is 18.1 Å². The maximum absolute atomic E-state index is 9.62. The Hall–Kier alpha value is -2.00. The summed E-state index contributed by atoms with van der Waals surface area (Å²) in [4.78, 5) is 2.15. The number of nitrogens with two attached hydrogens (primary N) is 1. The summed E-state index contributed by atoms with van der Waals surface area (Å²) in [5, 5.41) is 9.62. The van der Waals surface area contributed by atoms with Crippen LogP contribution in [0.2, 0.25) is 0 Å². The van der Waals surface area contributed by atoms with Gasteiger partial charge in [-0.2, -0.15) is 0 Å². The molecular formula is C16H20N2O. The quantitative estimate of drug-likeness (QED) is 0.882. The van der Waals surface area contributed by atoms with Crippen LogP contribution < -0.4 is 10.6 Å². The van der Waals surface area contributed by atoms with Gasteiger partial charge in [-0.15, -0.1) is 0 Å². The summed E-state index contributed by atoms with van der Waals surface area (Å²) in [6, 6.07) is 13.6. The molecule has 0 aliphatic heterocycles. The summed E-state index contributed by atoms with van der Waals surface area (Å²) < 4.78 is 0. The maximum atomic E-state index is 9.62. The molecule has 0 saturated heterocycles. The Labute approximate surface area is 114 Å². The monoisotopic (exact) mass is 256 g/mol. The number of hydrogen-bond acceptors (Lipinski definition) is 3. The van der Waals surface area contributed by atoms with E-state index in [-0.39, 0.29) is 5.75 Å². The molecule has 3 nitrogen and oxygen atoms in total. The number of rotatable bonds is 4. The summed E-state index contributed by atoms with van der Waals surface area (Å²) in [5.74, 6) is 0.275. The molecule has 0 bridgehead atoms. The molecule has 0 unspecified atom stereocenters. The van der Waals surface area contributed by atoms with E-state index in [4.69, 9.17) is 5.73 Å². The van der Waals surface area contributed by atoms with Gasteiger partial charge < -0.3 is 15.7 Å². The first-order valence-corrected chi connectivity index (χ1v) is 6.52. The molecule has 0 aromatic heterocycles. The molecule has 0 aliphatic carbocycles. The lowest BCUT2D eigenvalue weighted by molar-refractivity contribution is 0.475. The van der Waals surface area contributed by atoms with Crippen molar-refractivity contribution in [3.63, 3.8) is 0 Å². The van der Waals surface area contributed by atoms with Gasteiger partial charge in [-0.05, 0) is 37.6 Å². The van der Waals surface area contributed by atoms with Crippen molar-refractivity contribution in [3.05, 3.63) is 53.6 Å². The number of benzene rings is 2. The summed E-state index contributed by atoms with van der Waals surface area (Å²) >= 11 is 0. The van der Waals surface area contributed by atoms with E-state index in [9.17, 15) is 5.11 Å². The second kappa shape index (κ2) is 5.76. The number of hydrogen-bond donors (Lipinski definition) is 2. The molecule has 0 amide bonds. The lowest BCUT2D eigenvalue weighted by atomic mass is 10.1. The van der Waals surface area contributed by atoms with Crippen molar-refractivity contribution < 1.29 is 5.11 Å². The van der Waals surface area contributed by atoms with Crippen LogP contribution in [-0.2, 0) is 6.54 Å². The highest BCUT2D eigenvalue weighted by molar-refractivity contribution is 5.67. The molecule has 2 aromatic rings. The lowest BCUT2D eigenvalue weighted by Crippen LogP contribution is -2.18. The third-order valence-corrected chi connectivity index (χ3v) is 3.20. The van der Waals surface area contributed by atoms with E-state index >= 15 is 0 Å². The normalized spacial score (nSPS) is 10.5. The van der Waals surface area contributed by atoms with E-state index in [1.807, 2.05) is 12.1 Å². The zero-order valence-corrected chi connectivity index (χ0v) is 11.4. The van der Waals surface area contributed by atoms with E-state index < -0.39 is 0 Å². The van der Waals surface area contributed by atoms with Gasteiger partial charge >= 0.3 is 0 Å². The van der Waals surface area contributed by atoms with Gasteiger partial charge in [0, 0.05) is 30.5 Å². The van der Waals surface area contributed by atoms with Crippen molar-refractivity contribution >= 4 is 11.4 Å². The Bertz CT molecular complexity index is 566. The molecule has 0 radical (unpaired) electrons. The fraction of sp³-hybridized carbons (Fsp3) is 0.250. The van der Waals surface area contributed by atoms with E-state index in [1.54, 1.807) is 12.1 Å². The van der Waals surface area contributed by atoms with Gasteiger partial charge in [0.05, 0.1) is 0 Å². The van der Waals surface area contributed by atoms with Gasteiger partial charge in [-0.1, -0.05) is 23.8 Å². The molecule has 0 aliphatic rings. The summed E-state index contributed by atoms with van der Waals surface area (Å²) in [5.41, 5.74) is 10.2. The number of anilines is 2. The second-order valence-corrected chi connectivity index (χ2v) is 4.60. The number of phenolic OH excluding ortho intramolecular Hbond substituents is 1. The summed E-state index contributed by atoms with van der Waals surface area (Å²) in [6.45, 7) is 5.48. The molecule has 0 fully saturated rings. The smallest absolute Gasteiger partial charge is 0.117 e. The molecule has 2 rings (SSSR count). The van der Waals surface area contributed by atoms with Crippen LogP contribution in [0.5, 0.6) is 5.75 Å². The van der Waals surface area contributed by atoms with Crippen molar-refractivity contribution in [2.45, 2.75) is 20.4 Å². The zero-order chi connectivity index (χ0) is 13.8.